The van der Waals surface area contributed by atoms with Crippen molar-refractivity contribution < 1.29 is 33.4 Å². The summed E-state index contributed by atoms with van der Waals surface area (Å²) in [6.45, 7) is 14.1. The average Bonchev–Trinajstić information content (AvgIpc) is 3.03. The third-order valence-electron chi connectivity index (χ3n) is 7.19. The third kappa shape index (κ3) is 13.7. The van der Waals surface area contributed by atoms with Gasteiger partial charge in [-0.2, -0.15) is 0 Å². The van der Waals surface area contributed by atoms with Gasteiger partial charge in [-0.3, -0.25) is 14.4 Å². The number of carbonyl (C=O) groups excluding carboxylic acids is 4. The fraction of sp³-hybridized carbons (Fsp3) is 0.405. The zero-order valence-corrected chi connectivity index (χ0v) is 30.6. The van der Waals surface area contributed by atoms with E-state index in [-0.39, 0.29) is 25.3 Å². The normalized spacial score (nSPS) is 13.5. The summed E-state index contributed by atoms with van der Waals surface area (Å²) in [6.07, 6.45) is 4.16. The lowest BCUT2D eigenvalue weighted by Gasteiger charge is -2.28. The first-order valence-electron chi connectivity index (χ1n) is 15.7. The molecule has 2 rings (SSSR count). The number of hydrogen-bond donors (Lipinski definition) is 2. The maximum Gasteiger partial charge on any atom is 0.347 e. The highest BCUT2D eigenvalue weighted by Crippen LogP contribution is 2.26. The largest absolute Gasteiger partial charge is 0.495 e. The number of hydrogen-bond acceptors (Lipinski definition) is 7. The molecular weight excluding hydrogens is 700 g/mol. The minimum atomic E-state index is -1.23. The first-order valence-corrected chi connectivity index (χ1v) is 16.8. The molecule has 48 heavy (non-hydrogen) atoms. The van der Waals surface area contributed by atoms with E-state index in [1.165, 1.54) is 7.11 Å². The third-order valence-corrected chi connectivity index (χ3v) is 8.04. The lowest BCUT2D eigenvalue weighted by atomic mass is 9.93. The lowest BCUT2D eigenvalue weighted by Crippen LogP contribution is -2.51. The summed E-state index contributed by atoms with van der Waals surface area (Å²) in [7, 11) is 1.49. The summed E-state index contributed by atoms with van der Waals surface area (Å²) in [4.78, 5) is 52.2. The van der Waals surface area contributed by atoms with Crippen molar-refractivity contribution >= 4 is 57.4 Å². The van der Waals surface area contributed by atoms with Crippen LogP contribution in [0.5, 0.6) is 5.75 Å². The van der Waals surface area contributed by atoms with Gasteiger partial charge in [-0.1, -0.05) is 90.4 Å². The number of benzene rings is 2. The predicted octanol–water partition coefficient (Wildman–Crippen LogP) is 6.98. The second-order valence-corrected chi connectivity index (χ2v) is 13.8. The van der Waals surface area contributed by atoms with Crippen LogP contribution in [0.15, 0.2) is 78.3 Å². The highest BCUT2D eigenvalue weighted by atomic mass is 79.9. The molecule has 0 aliphatic carbocycles. The second-order valence-electron chi connectivity index (χ2n) is 12.4. The van der Waals surface area contributed by atoms with Crippen LogP contribution in [-0.2, 0) is 35.1 Å². The van der Waals surface area contributed by atoms with Crippen molar-refractivity contribution in [3.63, 3.8) is 0 Å². The van der Waals surface area contributed by atoms with Crippen molar-refractivity contribution in [2.45, 2.75) is 71.6 Å². The number of ether oxygens (including phenoxy) is 3. The van der Waals surface area contributed by atoms with E-state index in [4.69, 9.17) is 25.8 Å². The van der Waals surface area contributed by atoms with Gasteiger partial charge in [-0.25, -0.2) is 4.79 Å². The smallest absolute Gasteiger partial charge is 0.347 e. The first kappa shape index (κ1) is 40.3. The minimum absolute atomic E-state index is 0.0152. The van der Waals surface area contributed by atoms with E-state index < -0.39 is 47.4 Å². The molecule has 0 saturated heterocycles. The van der Waals surface area contributed by atoms with Gasteiger partial charge in [0.25, 0.3) is 0 Å². The van der Waals surface area contributed by atoms with E-state index in [9.17, 15) is 19.2 Å². The van der Waals surface area contributed by atoms with Crippen LogP contribution in [0.3, 0.4) is 0 Å². The van der Waals surface area contributed by atoms with Gasteiger partial charge in [0.2, 0.25) is 11.8 Å². The van der Waals surface area contributed by atoms with E-state index in [1.54, 1.807) is 38.1 Å². The molecule has 2 aromatic rings. The van der Waals surface area contributed by atoms with Crippen molar-refractivity contribution in [3.05, 3.63) is 94.5 Å². The van der Waals surface area contributed by atoms with Crippen molar-refractivity contribution in [1.82, 2.24) is 10.6 Å². The molecule has 0 spiro atoms. The molecule has 0 aliphatic heterocycles. The summed E-state index contributed by atoms with van der Waals surface area (Å²) in [6, 6.07) is 13.8. The van der Waals surface area contributed by atoms with Gasteiger partial charge in [0.1, 0.15) is 17.9 Å². The van der Waals surface area contributed by atoms with Gasteiger partial charge in [-0.05, 0) is 66.1 Å². The second kappa shape index (κ2) is 19.8. The molecule has 2 aromatic carbocycles. The number of amides is 2. The number of methoxy groups -OCH3 is 1. The molecule has 0 heterocycles. The number of carbonyl (C=O) groups is 4. The molecule has 2 N–H and O–H groups in total. The Hall–Kier alpha value is -3.89. The van der Waals surface area contributed by atoms with Gasteiger partial charge < -0.3 is 24.8 Å². The van der Waals surface area contributed by atoms with Crippen LogP contribution in [-0.4, -0.2) is 55.7 Å². The van der Waals surface area contributed by atoms with Crippen molar-refractivity contribution in [2.75, 3.05) is 13.7 Å². The number of esters is 2. The van der Waals surface area contributed by atoms with Crippen molar-refractivity contribution in [2.24, 2.45) is 11.3 Å². The van der Waals surface area contributed by atoms with Gasteiger partial charge in [0.05, 0.1) is 17.5 Å². The van der Waals surface area contributed by atoms with E-state index in [2.05, 4.69) is 39.7 Å². The molecule has 0 saturated carbocycles. The Morgan fingerprint density at radius 3 is 2.31 bits per heavy atom. The zero-order valence-electron chi connectivity index (χ0n) is 28.2. The van der Waals surface area contributed by atoms with Gasteiger partial charge in [0, 0.05) is 25.8 Å². The highest BCUT2D eigenvalue weighted by Gasteiger charge is 2.36. The monoisotopic (exact) mass is 744 g/mol. The van der Waals surface area contributed by atoms with Gasteiger partial charge >= 0.3 is 11.9 Å². The molecule has 0 radical (unpaired) electrons. The molecule has 11 heteroatoms. The van der Waals surface area contributed by atoms with E-state index in [1.807, 2.05) is 50.3 Å². The summed E-state index contributed by atoms with van der Waals surface area (Å²) in [5, 5.41) is 5.71. The molecule has 2 amide bonds. The highest BCUT2D eigenvalue weighted by molar-refractivity contribution is 9.11. The maximum atomic E-state index is 13.4. The topological polar surface area (TPSA) is 120 Å². The van der Waals surface area contributed by atoms with Crippen LogP contribution in [0.1, 0.15) is 58.1 Å². The number of rotatable bonds is 19. The minimum Gasteiger partial charge on any atom is -0.495 e. The van der Waals surface area contributed by atoms with Crippen LogP contribution >= 0.6 is 27.5 Å². The lowest BCUT2D eigenvalue weighted by molar-refractivity contribution is -0.177. The van der Waals surface area contributed by atoms with Crippen LogP contribution in [0.4, 0.5) is 0 Å². The Morgan fingerprint density at radius 1 is 1.04 bits per heavy atom. The average molecular weight is 746 g/mol. The van der Waals surface area contributed by atoms with Gasteiger partial charge in [-0.15, -0.1) is 6.58 Å². The van der Waals surface area contributed by atoms with Crippen LogP contribution in [0.2, 0.25) is 5.02 Å². The van der Waals surface area contributed by atoms with E-state index in [0.717, 1.165) is 16.1 Å². The van der Waals surface area contributed by atoms with Crippen LogP contribution in [0.25, 0.3) is 6.08 Å². The molecule has 0 aliphatic rings. The van der Waals surface area contributed by atoms with E-state index >= 15 is 0 Å². The fourth-order valence-corrected chi connectivity index (χ4v) is 5.44. The molecular formula is C37H46BrClN2O7. The summed E-state index contributed by atoms with van der Waals surface area (Å²) >= 11 is 9.83. The molecule has 0 fully saturated rings. The maximum absolute atomic E-state index is 13.4. The van der Waals surface area contributed by atoms with Crippen molar-refractivity contribution in [3.8, 4) is 5.75 Å². The Morgan fingerprint density at radius 2 is 1.73 bits per heavy atom. The van der Waals surface area contributed by atoms with E-state index in [0.29, 0.717) is 29.2 Å². The summed E-state index contributed by atoms with van der Waals surface area (Å²) < 4.78 is 17.6. The Labute approximate surface area is 297 Å². The Bertz CT molecular complexity index is 1460. The molecule has 3 atom stereocenters. The summed E-state index contributed by atoms with van der Waals surface area (Å²) in [5.74, 6) is -1.93. The van der Waals surface area contributed by atoms with Crippen LogP contribution < -0.4 is 15.4 Å². The molecule has 9 nitrogen and oxygen atoms in total. The summed E-state index contributed by atoms with van der Waals surface area (Å²) in [5.41, 5.74) is 0.439. The fourth-order valence-electron chi connectivity index (χ4n) is 4.53. The molecule has 0 aromatic heterocycles. The quantitative estimate of drug-likeness (QED) is 0.0905. The number of nitrogens with one attached hydrogen (secondary N) is 2. The van der Waals surface area contributed by atoms with Crippen molar-refractivity contribution in [1.29, 1.82) is 0 Å². The number of halogens is 2. The molecule has 260 valence electrons. The standard InChI is InChI=1S/C37H46BrClN2O7/c1-8-13-28(22-27(38)19-25-14-11-10-12-15-25)47-35(44)32(18-24(3)4)48-36(45)37(5,6)23-40-34(43)30(41-33(42)9-2)21-26-16-17-31(46-7)29(39)20-26/h8-12,14-17,19-20,24,28,30,32H,1-2,13,18,21-23H2,3-7H3,(H,40,43)(H,41,42)/b27-19-/t28-,30+,32-/m0/s1. The first-order chi connectivity index (χ1) is 22.7. The SMILES string of the molecule is C=CC[C@@H](C/C(Br)=C/c1ccccc1)OC(=O)[C@H](CC(C)C)OC(=O)C(C)(C)CNC(=O)[C@@H](Cc1ccc(OC)c(Cl)c1)NC(=O)C=C. The Kier molecular flexibility index (Phi) is 16.6. The predicted molar refractivity (Wildman–Crippen MR) is 193 cm³/mol. The van der Waals surface area contributed by atoms with Crippen LogP contribution in [0, 0.1) is 11.3 Å². The zero-order chi connectivity index (χ0) is 35.9. The molecule has 0 unspecified atom stereocenters. The van der Waals surface area contributed by atoms with Gasteiger partial charge in [0.15, 0.2) is 6.10 Å². The molecule has 0 bridgehead atoms. The Balaban J connectivity index is 2.12.